The minimum absolute atomic E-state index is 0.0224. The maximum absolute atomic E-state index is 11.9. The van der Waals surface area contributed by atoms with Crippen molar-refractivity contribution in [3.8, 4) is 0 Å². The van der Waals surface area contributed by atoms with Gasteiger partial charge in [0.2, 0.25) is 5.91 Å². The lowest BCUT2D eigenvalue weighted by Gasteiger charge is -2.17. The second kappa shape index (κ2) is 6.57. The molecule has 0 aliphatic heterocycles. The maximum Gasteiger partial charge on any atom is 0.224 e. The molecule has 4 N–H and O–H groups in total. The molecule has 1 aliphatic rings. The number of nitrogen functional groups attached to an aromatic ring is 1. The van der Waals surface area contributed by atoms with Gasteiger partial charge in [0.15, 0.2) is 0 Å². The molecule has 0 aromatic heterocycles. The summed E-state index contributed by atoms with van der Waals surface area (Å²) in [5, 5.41) is 12.2. The highest BCUT2D eigenvalue weighted by atomic mass is 16.3. The SMILES string of the molecule is Nc1cccc(CC(=O)NCC2CCCC2CO)c1. The number of rotatable bonds is 5. The molecule has 2 rings (SSSR count). The Labute approximate surface area is 114 Å². The first-order valence-corrected chi connectivity index (χ1v) is 6.91. The monoisotopic (exact) mass is 262 g/mol. The summed E-state index contributed by atoms with van der Waals surface area (Å²) < 4.78 is 0. The molecule has 4 nitrogen and oxygen atoms in total. The number of aliphatic hydroxyl groups is 1. The first-order chi connectivity index (χ1) is 9.19. The van der Waals surface area contributed by atoms with Crippen molar-refractivity contribution in [1.29, 1.82) is 0 Å². The van der Waals surface area contributed by atoms with Crippen molar-refractivity contribution in [3.63, 3.8) is 0 Å². The number of carbonyl (C=O) groups excluding carboxylic acids is 1. The van der Waals surface area contributed by atoms with E-state index in [1.54, 1.807) is 0 Å². The van der Waals surface area contributed by atoms with Gasteiger partial charge < -0.3 is 16.2 Å². The maximum atomic E-state index is 11.9. The predicted octanol–water partition coefficient (Wildman–Crippen LogP) is 1.34. The molecule has 1 aromatic rings. The zero-order valence-corrected chi connectivity index (χ0v) is 11.1. The second-order valence-corrected chi connectivity index (χ2v) is 5.36. The van der Waals surface area contributed by atoms with Crippen molar-refractivity contribution in [2.45, 2.75) is 25.7 Å². The standard InChI is InChI=1S/C15H22N2O2/c16-14-6-1-3-11(7-14)8-15(19)17-9-12-4-2-5-13(12)10-18/h1,3,6-7,12-13,18H,2,4-5,8-10,16H2,(H,17,19). The van der Waals surface area contributed by atoms with E-state index in [1.807, 2.05) is 24.3 Å². The van der Waals surface area contributed by atoms with Crippen LogP contribution in [0.1, 0.15) is 24.8 Å². The molecule has 0 heterocycles. The molecule has 0 saturated heterocycles. The molecule has 1 aliphatic carbocycles. The minimum atomic E-state index is 0.0224. The summed E-state index contributed by atoms with van der Waals surface area (Å²) in [6.45, 7) is 0.905. The number of anilines is 1. The number of carbonyl (C=O) groups is 1. The summed E-state index contributed by atoms with van der Waals surface area (Å²) in [6, 6.07) is 7.40. The van der Waals surface area contributed by atoms with E-state index < -0.39 is 0 Å². The van der Waals surface area contributed by atoms with Crippen LogP contribution in [0.25, 0.3) is 0 Å². The quantitative estimate of drug-likeness (QED) is 0.701. The molecule has 1 saturated carbocycles. The van der Waals surface area contributed by atoms with Gasteiger partial charge in [0.25, 0.3) is 0 Å². The fourth-order valence-electron chi connectivity index (χ4n) is 2.82. The Hall–Kier alpha value is -1.55. The zero-order valence-electron chi connectivity index (χ0n) is 11.1. The van der Waals surface area contributed by atoms with E-state index in [9.17, 15) is 9.90 Å². The third-order valence-electron chi connectivity index (χ3n) is 3.93. The third kappa shape index (κ3) is 3.96. The topological polar surface area (TPSA) is 75.4 Å². The summed E-state index contributed by atoms with van der Waals surface area (Å²) in [5.74, 6) is 0.802. The van der Waals surface area contributed by atoms with Crippen LogP contribution in [0.3, 0.4) is 0 Å². The lowest BCUT2D eigenvalue weighted by Crippen LogP contribution is -2.32. The number of nitrogens with two attached hydrogens (primary N) is 1. The van der Waals surface area contributed by atoms with E-state index in [4.69, 9.17) is 5.73 Å². The van der Waals surface area contributed by atoms with E-state index in [2.05, 4.69) is 5.32 Å². The van der Waals surface area contributed by atoms with Gasteiger partial charge in [-0.1, -0.05) is 18.6 Å². The fraction of sp³-hybridized carbons (Fsp3) is 0.533. The Morgan fingerprint density at radius 3 is 2.89 bits per heavy atom. The summed E-state index contributed by atoms with van der Waals surface area (Å²) >= 11 is 0. The van der Waals surface area contributed by atoms with Crippen molar-refractivity contribution >= 4 is 11.6 Å². The van der Waals surface area contributed by atoms with Gasteiger partial charge in [-0.15, -0.1) is 0 Å². The molecule has 2 unspecified atom stereocenters. The average molecular weight is 262 g/mol. The average Bonchev–Trinajstić information content (AvgIpc) is 2.83. The van der Waals surface area contributed by atoms with Crippen LogP contribution in [0.2, 0.25) is 0 Å². The normalized spacial score (nSPS) is 22.4. The van der Waals surface area contributed by atoms with Gasteiger partial charge in [-0.25, -0.2) is 0 Å². The van der Waals surface area contributed by atoms with Crippen LogP contribution in [0.4, 0.5) is 5.69 Å². The molecular weight excluding hydrogens is 240 g/mol. The molecule has 0 spiro atoms. The van der Waals surface area contributed by atoms with Crippen molar-refractivity contribution < 1.29 is 9.90 Å². The predicted molar refractivity (Wildman–Crippen MR) is 75.5 cm³/mol. The van der Waals surface area contributed by atoms with E-state index >= 15 is 0 Å². The van der Waals surface area contributed by atoms with E-state index in [0.717, 1.165) is 24.8 Å². The Morgan fingerprint density at radius 1 is 1.37 bits per heavy atom. The summed E-state index contributed by atoms with van der Waals surface area (Å²) in [7, 11) is 0. The van der Waals surface area contributed by atoms with E-state index in [-0.39, 0.29) is 12.5 Å². The van der Waals surface area contributed by atoms with Gasteiger partial charge in [0.1, 0.15) is 0 Å². The van der Waals surface area contributed by atoms with Gasteiger partial charge in [-0.2, -0.15) is 0 Å². The summed E-state index contributed by atoms with van der Waals surface area (Å²) in [4.78, 5) is 11.9. The highest BCUT2D eigenvalue weighted by Gasteiger charge is 2.26. The van der Waals surface area contributed by atoms with Gasteiger partial charge in [-0.05, 0) is 42.4 Å². The Bertz CT molecular complexity index is 434. The lowest BCUT2D eigenvalue weighted by molar-refractivity contribution is -0.120. The summed E-state index contributed by atoms with van der Waals surface area (Å²) in [5.41, 5.74) is 7.30. The lowest BCUT2D eigenvalue weighted by atomic mass is 9.97. The van der Waals surface area contributed by atoms with E-state index in [0.29, 0.717) is 30.5 Å². The molecule has 1 aromatic carbocycles. The Kier molecular flexibility index (Phi) is 4.80. The highest BCUT2D eigenvalue weighted by Crippen LogP contribution is 2.30. The molecule has 0 bridgehead atoms. The van der Waals surface area contributed by atoms with Crippen LogP contribution in [0, 0.1) is 11.8 Å². The summed E-state index contributed by atoms with van der Waals surface area (Å²) in [6.07, 6.45) is 3.69. The van der Waals surface area contributed by atoms with Gasteiger partial charge in [0, 0.05) is 18.8 Å². The largest absolute Gasteiger partial charge is 0.399 e. The van der Waals surface area contributed by atoms with Gasteiger partial charge in [-0.3, -0.25) is 4.79 Å². The first kappa shape index (κ1) is 13.9. The van der Waals surface area contributed by atoms with Crippen LogP contribution >= 0.6 is 0 Å². The molecule has 1 amide bonds. The second-order valence-electron chi connectivity index (χ2n) is 5.36. The number of hydrogen-bond donors (Lipinski definition) is 3. The van der Waals surface area contributed by atoms with Crippen molar-refractivity contribution in [2.24, 2.45) is 11.8 Å². The zero-order chi connectivity index (χ0) is 13.7. The number of amides is 1. The van der Waals surface area contributed by atoms with Gasteiger partial charge in [0.05, 0.1) is 6.42 Å². The molecule has 2 atom stereocenters. The fourth-order valence-corrected chi connectivity index (χ4v) is 2.82. The Morgan fingerprint density at radius 2 is 2.16 bits per heavy atom. The smallest absolute Gasteiger partial charge is 0.224 e. The first-order valence-electron chi connectivity index (χ1n) is 6.91. The van der Waals surface area contributed by atoms with Gasteiger partial charge >= 0.3 is 0 Å². The van der Waals surface area contributed by atoms with Crippen molar-refractivity contribution in [1.82, 2.24) is 5.32 Å². The number of benzene rings is 1. The number of aliphatic hydroxyl groups excluding tert-OH is 1. The Balaban J connectivity index is 1.78. The van der Waals surface area contributed by atoms with Crippen molar-refractivity contribution in [3.05, 3.63) is 29.8 Å². The molecular formula is C15H22N2O2. The van der Waals surface area contributed by atoms with Crippen LogP contribution < -0.4 is 11.1 Å². The van der Waals surface area contributed by atoms with Crippen LogP contribution in [-0.2, 0) is 11.2 Å². The van der Waals surface area contributed by atoms with Crippen LogP contribution in [0.5, 0.6) is 0 Å². The van der Waals surface area contributed by atoms with Crippen molar-refractivity contribution in [2.75, 3.05) is 18.9 Å². The third-order valence-corrected chi connectivity index (χ3v) is 3.93. The molecule has 19 heavy (non-hydrogen) atoms. The number of hydrogen-bond acceptors (Lipinski definition) is 3. The van der Waals surface area contributed by atoms with Crippen LogP contribution in [-0.4, -0.2) is 24.2 Å². The molecule has 4 heteroatoms. The van der Waals surface area contributed by atoms with E-state index in [1.165, 1.54) is 0 Å². The molecule has 104 valence electrons. The van der Waals surface area contributed by atoms with Crippen LogP contribution in [0.15, 0.2) is 24.3 Å². The molecule has 1 fully saturated rings. The minimum Gasteiger partial charge on any atom is -0.399 e. The highest BCUT2D eigenvalue weighted by molar-refractivity contribution is 5.78. The molecule has 0 radical (unpaired) electrons. The number of nitrogens with one attached hydrogen (secondary N) is 1.